The maximum Gasteiger partial charge on any atom is 0.573 e. The highest BCUT2D eigenvalue weighted by atomic mass is 79.9. The first-order valence-corrected chi connectivity index (χ1v) is 6.99. The van der Waals surface area contributed by atoms with Crippen molar-refractivity contribution in [2.45, 2.75) is 12.4 Å². The number of halogens is 5. The molecular weight excluding hydrogens is 371 g/mol. The van der Waals surface area contributed by atoms with Crippen molar-refractivity contribution in [3.63, 3.8) is 0 Å². The highest BCUT2D eigenvalue weighted by Crippen LogP contribution is 2.29. The van der Waals surface area contributed by atoms with Crippen LogP contribution >= 0.6 is 27.5 Å². The van der Waals surface area contributed by atoms with Gasteiger partial charge in [-0.25, -0.2) is 0 Å². The van der Waals surface area contributed by atoms with Gasteiger partial charge in [0, 0.05) is 4.47 Å². The number of hydrogen-bond acceptors (Lipinski definition) is 2. The first kappa shape index (κ1) is 16.1. The van der Waals surface area contributed by atoms with E-state index in [-0.39, 0.29) is 5.75 Å². The number of hydrogen-bond donors (Lipinski definition) is 1. The summed E-state index contributed by atoms with van der Waals surface area (Å²) in [5.74, 6) is -0.282. The number of rotatable bonds is 3. The molecule has 2 nitrogen and oxygen atoms in total. The average molecular weight is 381 g/mol. The van der Waals surface area contributed by atoms with Gasteiger partial charge in [0.1, 0.15) is 5.75 Å². The first-order valence-electron chi connectivity index (χ1n) is 5.82. The molecule has 0 aliphatic rings. The summed E-state index contributed by atoms with van der Waals surface area (Å²) < 4.78 is 40.8. The zero-order valence-electron chi connectivity index (χ0n) is 10.5. The van der Waals surface area contributed by atoms with E-state index in [0.717, 1.165) is 5.56 Å². The lowest BCUT2D eigenvalue weighted by atomic mass is 10.00. The quantitative estimate of drug-likeness (QED) is 0.809. The predicted molar refractivity (Wildman–Crippen MR) is 78.3 cm³/mol. The van der Waals surface area contributed by atoms with Crippen molar-refractivity contribution in [2.75, 3.05) is 0 Å². The molecular formula is C14H10BrClF3NO. The zero-order valence-corrected chi connectivity index (χ0v) is 12.8. The van der Waals surface area contributed by atoms with Crippen LogP contribution in [-0.4, -0.2) is 6.36 Å². The van der Waals surface area contributed by atoms with Gasteiger partial charge in [-0.3, -0.25) is 0 Å². The second kappa shape index (κ2) is 6.25. The van der Waals surface area contributed by atoms with Gasteiger partial charge in [-0.05, 0) is 51.3 Å². The normalized spacial score (nSPS) is 13.0. The van der Waals surface area contributed by atoms with Crippen molar-refractivity contribution in [2.24, 2.45) is 5.73 Å². The third-order valence-corrected chi connectivity index (χ3v) is 3.99. The van der Waals surface area contributed by atoms with Crippen LogP contribution in [0.5, 0.6) is 5.75 Å². The fraction of sp³-hybridized carbons (Fsp3) is 0.143. The molecule has 7 heteroatoms. The van der Waals surface area contributed by atoms with Crippen LogP contribution in [0.1, 0.15) is 17.2 Å². The Kier molecular flexibility index (Phi) is 4.81. The number of benzene rings is 2. The Balaban J connectivity index is 2.19. The first-order chi connectivity index (χ1) is 9.76. The van der Waals surface area contributed by atoms with Gasteiger partial charge in [-0.15, -0.1) is 13.2 Å². The highest BCUT2D eigenvalue weighted by Gasteiger charge is 2.31. The van der Waals surface area contributed by atoms with E-state index in [1.165, 1.54) is 24.3 Å². The number of alkyl halides is 3. The Morgan fingerprint density at radius 1 is 1.05 bits per heavy atom. The lowest BCUT2D eigenvalue weighted by Crippen LogP contribution is -2.17. The molecule has 2 aromatic rings. The van der Waals surface area contributed by atoms with Crippen LogP contribution in [0.3, 0.4) is 0 Å². The Morgan fingerprint density at radius 3 is 2.14 bits per heavy atom. The average Bonchev–Trinajstić information content (AvgIpc) is 2.40. The molecule has 0 aliphatic heterocycles. The summed E-state index contributed by atoms with van der Waals surface area (Å²) in [6.07, 6.45) is -4.70. The summed E-state index contributed by atoms with van der Waals surface area (Å²) in [5.41, 5.74) is 7.54. The smallest absolute Gasteiger partial charge is 0.406 e. The maximum atomic E-state index is 12.1. The van der Waals surface area contributed by atoms with Gasteiger partial charge in [0.25, 0.3) is 0 Å². The summed E-state index contributed by atoms with van der Waals surface area (Å²) in [4.78, 5) is 0. The topological polar surface area (TPSA) is 35.2 Å². The Labute approximate surface area is 132 Å². The van der Waals surface area contributed by atoms with Gasteiger partial charge in [0.2, 0.25) is 0 Å². The van der Waals surface area contributed by atoms with E-state index in [4.69, 9.17) is 17.3 Å². The second-order valence-corrected chi connectivity index (χ2v) is 5.53. The standard InChI is InChI=1S/C14H10BrClF3NO/c15-11-7-9(3-6-12(11)16)13(20)8-1-4-10(5-2-8)21-14(17,18)19/h1-7,13H,20H2/t13-/m0/s1. The summed E-state index contributed by atoms with van der Waals surface area (Å²) in [6.45, 7) is 0. The van der Waals surface area contributed by atoms with Crippen LogP contribution in [-0.2, 0) is 0 Å². The molecule has 112 valence electrons. The highest BCUT2D eigenvalue weighted by molar-refractivity contribution is 9.10. The lowest BCUT2D eigenvalue weighted by Gasteiger charge is -2.14. The van der Waals surface area contributed by atoms with E-state index in [1.807, 2.05) is 0 Å². The van der Waals surface area contributed by atoms with E-state index in [1.54, 1.807) is 18.2 Å². The van der Waals surface area contributed by atoms with E-state index in [9.17, 15) is 13.2 Å². The van der Waals surface area contributed by atoms with Gasteiger partial charge < -0.3 is 10.5 Å². The van der Waals surface area contributed by atoms with Crippen molar-refractivity contribution < 1.29 is 17.9 Å². The minimum Gasteiger partial charge on any atom is -0.406 e. The molecule has 0 radical (unpaired) electrons. The van der Waals surface area contributed by atoms with Crippen molar-refractivity contribution in [3.8, 4) is 5.75 Å². The Hall–Kier alpha value is -1.24. The molecule has 21 heavy (non-hydrogen) atoms. The zero-order chi connectivity index (χ0) is 15.6. The van der Waals surface area contributed by atoms with Gasteiger partial charge in [0.15, 0.2) is 0 Å². The summed E-state index contributed by atoms with van der Waals surface area (Å²) in [5, 5.41) is 0.555. The molecule has 0 fully saturated rings. The molecule has 2 rings (SSSR count). The minimum atomic E-state index is -4.70. The molecule has 0 heterocycles. The summed E-state index contributed by atoms with van der Waals surface area (Å²) in [6, 6.07) is 10.2. The fourth-order valence-corrected chi connectivity index (χ4v) is 2.29. The molecule has 1 atom stereocenters. The van der Waals surface area contributed by atoms with Crippen molar-refractivity contribution in [3.05, 3.63) is 63.1 Å². The maximum absolute atomic E-state index is 12.1. The third kappa shape index (κ3) is 4.36. The molecule has 0 bridgehead atoms. The van der Waals surface area contributed by atoms with Gasteiger partial charge in [-0.1, -0.05) is 29.8 Å². The fourth-order valence-electron chi connectivity index (χ4n) is 1.78. The van der Waals surface area contributed by atoms with Crippen molar-refractivity contribution in [1.82, 2.24) is 0 Å². The molecule has 0 aliphatic carbocycles. The van der Waals surface area contributed by atoms with Crippen LogP contribution in [0.15, 0.2) is 46.9 Å². The van der Waals surface area contributed by atoms with Crippen LogP contribution in [0.2, 0.25) is 5.02 Å². The SMILES string of the molecule is N[C@@H](c1ccc(OC(F)(F)F)cc1)c1ccc(Cl)c(Br)c1. The van der Waals surface area contributed by atoms with E-state index < -0.39 is 12.4 Å². The summed E-state index contributed by atoms with van der Waals surface area (Å²) >= 11 is 9.20. The van der Waals surface area contributed by atoms with Gasteiger partial charge >= 0.3 is 6.36 Å². The van der Waals surface area contributed by atoms with Crippen molar-refractivity contribution in [1.29, 1.82) is 0 Å². The van der Waals surface area contributed by atoms with Gasteiger partial charge in [0.05, 0.1) is 11.1 Å². The number of nitrogens with two attached hydrogens (primary N) is 1. The van der Waals surface area contributed by atoms with Crippen molar-refractivity contribution >= 4 is 27.5 Å². The molecule has 0 unspecified atom stereocenters. The van der Waals surface area contributed by atoms with Gasteiger partial charge in [-0.2, -0.15) is 0 Å². The second-order valence-electron chi connectivity index (χ2n) is 4.27. The molecule has 0 saturated heterocycles. The molecule has 2 N–H and O–H groups in total. The van der Waals surface area contributed by atoms with Crippen LogP contribution in [0.25, 0.3) is 0 Å². The van der Waals surface area contributed by atoms with E-state index in [2.05, 4.69) is 20.7 Å². The molecule has 0 amide bonds. The largest absolute Gasteiger partial charge is 0.573 e. The van der Waals surface area contributed by atoms with Crippen LogP contribution < -0.4 is 10.5 Å². The Morgan fingerprint density at radius 2 is 1.62 bits per heavy atom. The van der Waals surface area contributed by atoms with E-state index in [0.29, 0.717) is 15.1 Å². The molecule has 0 aromatic heterocycles. The van der Waals surface area contributed by atoms with Crippen LogP contribution in [0, 0.1) is 0 Å². The number of ether oxygens (including phenoxy) is 1. The Bertz CT molecular complexity index is 631. The lowest BCUT2D eigenvalue weighted by molar-refractivity contribution is -0.274. The molecule has 0 spiro atoms. The summed E-state index contributed by atoms with van der Waals surface area (Å²) in [7, 11) is 0. The van der Waals surface area contributed by atoms with E-state index >= 15 is 0 Å². The molecule has 2 aromatic carbocycles. The predicted octanol–water partition coefficient (Wildman–Crippen LogP) is 5.05. The van der Waals surface area contributed by atoms with Crippen LogP contribution in [0.4, 0.5) is 13.2 Å². The molecule has 0 saturated carbocycles. The minimum absolute atomic E-state index is 0.282. The third-order valence-electron chi connectivity index (χ3n) is 2.78. The monoisotopic (exact) mass is 379 g/mol.